The summed E-state index contributed by atoms with van der Waals surface area (Å²) in [4.78, 5) is 13.5. The molecule has 0 saturated heterocycles. The van der Waals surface area contributed by atoms with Gasteiger partial charge in [0.05, 0.1) is 12.6 Å². The van der Waals surface area contributed by atoms with Crippen molar-refractivity contribution in [3.8, 4) is 18.4 Å². The summed E-state index contributed by atoms with van der Waals surface area (Å²) in [5.41, 5.74) is 0. The van der Waals surface area contributed by atoms with Crippen LogP contribution in [0.1, 0.15) is 26.2 Å². The van der Waals surface area contributed by atoms with Crippen LogP contribution in [0.2, 0.25) is 0 Å². The third-order valence-electron chi connectivity index (χ3n) is 2.63. The fraction of sp³-hybridized carbons (Fsp3) is 0.667. The van der Waals surface area contributed by atoms with E-state index in [1.807, 2.05) is 13.0 Å². The molecule has 0 aromatic carbocycles. The lowest BCUT2D eigenvalue weighted by Crippen LogP contribution is -2.37. The Balaban J connectivity index is 2.57. The first-order valence-corrected chi connectivity index (χ1v) is 5.34. The van der Waals surface area contributed by atoms with E-state index in [-0.39, 0.29) is 5.91 Å². The average Bonchev–Trinajstić information content (AvgIpc) is 3.03. The molecule has 1 atom stereocenters. The Morgan fingerprint density at radius 3 is 2.73 bits per heavy atom. The molecule has 1 aliphatic rings. The van der Waals surface area contributed by atoms with E-state index in [0.717, 1.165) is 6.54 Å². The minimum absolute atomic E-state index is 0.107. The predicted molar refractivity (Wildman–Crippen MR) is 57.5 cm³/mol. The quantitative estimate of drug-likeness (QED) is 0.635. The minimum atomic E-state index is -0.530. The number of amides is 1. The van der Waals surface area contributed by atoms with Crippen molar-refractivity contribution in [1.82, 2.24) is 4.90 Å². The molecule has 1 unspecified atom stereocenters. The minimum Gasteiger partial charge on any atom is -0.330 e. The Kier molecular flexibility index (Phi) is 4.18. The Morgan fingerprint density at radius 1 is 1.67 bits per heavy atom. The lowest BCUT2D eigenvalue weighted by molar-refractivity contribution is -0.133. The van der Waals surface area contributed by atoms with Crippen molar-refractivity contribution < 1.29 is 4.79 Å². The number of terminal acetylenes is 1. The standard InChI is InChI=1S/C12H16N2O/c1-3-7-14(9-10-5-6-10)12(15)11(4-2)8-13/h1,10-11H,4-7,9H2,2H3. The van der Waals surface area contributed by atoms with Gasteiger partial charge < -0.3 is 4.90 Å². The highest BCUT2D eigenvalue weighted by atomic mass is 16.2. The number of carbonyl (C=O) groups is 1. The van der Waals surface area contributed by atoms with Crippen LogP contribution in [0, 0.1) is 35.5 Å². The molecular weight excluding hydrogens is 188 g/mol. The molecule has 0 aliphatic heterocycles. The third kappa shape index (κ3) is 3.29. The average molecular weight is 204 g/mol. The van der Waals surface area contributed by atoms with Gasteiger partial charge >= 0.3 is 0 Å². The molecule has 0 spiro atoms. The van der Waals surface area contributed by atoms with Crippen molar-refractivity contribution in [3.05, 3.63) is 0 Å². The topological polar surface area (TPSA) is 44.1 Å². The summed E-state index contributed by atoms with van der Waals surface area (Å²) >= 11 is 0. The van der Waals surface area contributed by atoms with Gasteiger partial charge in [-0.1, -0.05) is 12.8 Å². The SMILES string of the molecule is C#CCN(CC1CC1)C(=O)C(C#N)CC. The Labute approximate surface area is 91.1 Å². The molecule has 3 nitrogen and oxygen atoms in total. The summed E-state index contributed by atoms with van der Waals surface area (Å²) < 4.78 is 0. The number of hydrogen-bond donors (Lipinski definition) is 0. The molecule has 0 bridgehead atoms. The monoisotopic (exact) mass is 204 g/mol. The maximum Gasteiger partial charge on any atom is 0.240 e. The van der Waals surface area contributed by atoms with Gasteiger partial charge in [-0.3, -0.25) is 4.79 Å². The molecule has 15 heavy (non-hydrogen) atoms. The first-order valence-electron chi connectivity index (χ1n) is 5.34. The van der Waals surface area contributed by atoms with Gasteiger partial charge in [0, 0.05) is 6.54 Å². The van der Waals surface area contributed by atoms with Crippen molar-refractivity contribution in [2.45, 2.75) is 26.2 Å². The van der Waals surface area contributed by atoms with Crippen LogP contribution in [0.15, 0.2) is 0 Å². The third-order valence-corrected chi connectivity index (χ3v) is 2.63. The van der Waals surface area contributed by atoms with Crippen LogP contribution in [0.3, 0.4) is 0 Å². The van der Waals surface area contributed by atoms with Gasteiger partial charge in [-0.25, -0.2) is 0 Å². The summed E-state index contributed by atoms with van der Waals surface area (Å²) in [7, 11) is 0. The van der Waals surface area contributed by atoms with Crippen LogP contribution < -0.4 is 0 Å². The molecule has 0 N–H and O–H groups in total. The van der Waals surface area contributed by atoms with E-state index in [0.29, 0.717) is 18.9 Å². The van der Waals surface area contributed by atoms with Gasteiger partial charge in [0.25, 0.3) is 0 Å². The fourth-order valence-corrected chi connectivity index (χ4v) is 1.50. The highest BCUT2D eigenvalue weighted by Gasteiger charge is 2.29. The zero-order valence-electron chi connectivity index (χ0n) is 9.07. The van der Waals surface area contributed by atoms with E-state index in [9.17, 15) is 4.79 Å². The molecule has 1 fully saturated rings. The summed E-state index contributed by atoms with van der Waals surface area (Å²) in [5.74, 6) is 2.45. The molecule has 1 aliphatic carbocycles. The van der Waals surface area contributed by atoms with E-state index < -0.39 is 5.92 Å². The Bertz CT molecular complexity index is 307. The zero-order chi connectivity index (χ0) is 11.3. The molecule has 0 heterocycles. The van der Waals surface area contributed by atoms with Crippen LogP contribution in [0.4, 0.5) is 0 Å². The first-order chi connectivity index (χ1) is 7.22. The molecule has 0 aromatic rings. The van der Waals surface area contributed by atoms with Crippen molar-refractivity contribution in [2.75, 3.05) is 13.1 Å². The van der Waals surface area contributed by atoms with Crippen molar-refractivity contribution in [2.24, 2.45) is 11.8 Å². The number of carbonyl (C=O) groups excluding carboxylic acids is 1. The summed E-state index contributed by atoms with van der Waals surface area (Å²) in [6.07, 6.45) is 8.13. The van der Waals surface area contributed by atoms with E-state index in [2.05, 4.69) is 5.92 Å². The van der Waals surface area contributed by atoms with Crippen LogP contribution in [0.5, 0.6) is 0 Å². The normalized spacial score (nSPS) is 16.2. The van der Waals surface area contributed by atoms with Gasteiger partial charge in [0.15, 0.2) is 0 Å². The molecule has 3 heteroatoms. The van der Waals surface area contributed by atoms with Crippen LogP contribution in [-0.2, 0) is 4.79 Å². The lowest BCUT2D eigenvalue weighted by atomic mass is 10.1. The highest BCUT2D eigenvalue weighted by molar-refractivity contribution is 5.81. The van der Waals surface area contributed by atoms with Crippen LogP contribution >= 0.6 is 0 Å². The number of hydrogen-bond acceptors (Lipinski definition) is 2. The molecule has 1 saturated carbocycles. The van der Waals surface area contributed by atoms with E-state index in [1.165, 1.54) is 12.8 Å². The largest absolute Gasteiger partial charge is 0.330 e. The van der Waals surface area contributed by atoms with Gasteiger partial charge in [-0.05, 0) is 25.2 Å². The van der Waals surface area contributed by atoms with E-state index in [1.54, 1.807) is 4.90 Å². The smallest absolute Gasteiger partial charge is 0.240 e. The van der Waals surface area contributed by atoms with Gasteiger partial charge in [0.1, 0.15) is 5.92 Å². The first kappa shape index (κ1) is 11.6. The van der Waals surface area contributed by atoms with Crippen LogP contribution in [0.25, 0.3) is 0 Å². The maximum absolute atomic E-state index is 11.9. The van der Waals surface area contributed by atoms with Crippen molar-refractivity contribution >= 4 is 5.91 Å². The molecule has 80 valence electrons. The fourth-order valence-electron chi connectivity index (χ4n) is 1.50. The number of nitriles is 1. The van der Waals surface area contributed by atoms with Crippen molar-refractivity contribution in [1.29, 1.82) is 5.26 Å². The molecule has 0 aromatic heterocycles. The Morgan fingerprint density at radius 2 is 2.33 bits per heavy atom. The van der Waals surface area contributed by atoms with Gasteiger partial charge in [0.2, 0.25) is 5.91 Å². The predicted octanol–water partition coefficient (Wildman–Crippen LogP) is 1.41. The second kappa shape index (κ2) is 5.41. The maximum atomic E-state index is 11.9. The second-order valence-corrected chi connectivity index (χ2v) is 3.96. The zero-order valence-corrected chi connectivity index (χ0v) is 9.07. The van der Waals surface area contributed by atoms with Crippen LogP contribution in [-0.4, -0.2) is 23.9 Å². The summed E-state index contributed by atoms with van der Waals surface area (Å²) in [6.45, 7) is 2.89. The molecule has 1 amide bonds. The van der Waals surface area contributed by atoms with Gasteiger partial charge in [-0.2, -0.15) is 5.26 Å². The highest BCUT2D eigenvalue weighted by Crippen LogP contribution is 2.30. The number of rotatable bonds is 5. The molecule has 0 radical (unpaired) electrons. The number of nitrogens with zero attached hydrogens (tertiary/aromatic N) is 2. The summed E-state index contributed by atoms with van der Waals surface area (Å²) in [5, 5.41) is 8.81. The summed E-state index contributed by atoms with van der Waals surface area (Å²) in [6, 6.07) is 2.02. The molecular formula is C12H16N2O. The van der Waals surface area contributed by atoms with Crippen molar-refractivity contribution in [3.63, 3.8) is 0 Å². The lowest BCUT2D eigenvalue weighted by Gasteiger charge is -2.21. The van der Waals surface area contributed by atoms with E-state index >= 15 is 0 Å². The molecule has 1 rings (SSSR count). The van der Waals surface area contributed by atoms with Gasteiger partial charge in [-0.15, -0.1) is 6.42 Å². The Hall–Kier alpha value is -1.48. The van der Waals surface area contributed by atoms with E-state index in [4.69, 9.17) is 11.7 Å². The second-order valence-electron chi connectivity index (χ2n) is 3.96.